The average Bonchev–Trinajstić information content (AvgIpc) is 2.85. The third kappa shape index (κ3) is 2.81. The number of nitrogens with one attached hydrogen (secondary N) is 1. The molecule has 8 heteroatoms. The first-order valence-corrected chi connectivity index (χ1v) is 6.32. The summed E-state index contributed by atoms with van der Waals surface area (Å²) in [5, 5.41) is 6.64. The Morgan fingerprint density at radius 1 is 1.50 bits per heavy atom. The molecule has 0 unspecified atom stereocenters. The minimum atomic E-state index is -0.327. The van der Waals surface area contributed by atoms with Crippen molar-refractivity contribution in [2.24, 2.45) is 5.73 Å². The lowest BCUT2D eigenvalue weighted by atomic mass is 10.2. The van der Waals surface area contributed by atoms with Crippen LogP contribution < -0.4 is 11.1 Å². The van der Waals surface area contributed by atoms with Gasteiger partial charge in [0.2, 0.25) is 0 Å². The highest BCUT2D eigenvalue weighted by molar-refractivity contribution is 7.80. The summed E-state index contributed by atoms with van der Waals surface area (Å²) >= 11 is 11.8. The smallest absolute Gasteiger partial charge is 0.269 e. The Morgan fingerprint density at radius 2 is 2.28 bits per heavy atom. The van der Waals surface area contributed by atoms with E-state index in [1.54, 1.807) is 18.2 Å². The maximum atomic E-state index is 11.8. The van der Waals surface area contributed by atoms with E-state index in [-0.39, 0.29) is 10.9 Å². The highest BCUT2D eigenvalue weighted by atomic mass is 35.5. The number of carbonyl (C=O) groups is 1. The van der Waals surface area contributed by atoms with E-state index < -0.39 is 0 Å². The van der Waals surface area contributed by atoms with Crippen LogP contribution in [0.5, 0.6) is 0 Å². The molecule has 92 valence electrons. The number of rotatable bonds is 3. The number of hydrogen-bond acceptors (Lipinski definition) is 5. The molecule has 1 heterocycles. The lowest BCUT2D eigenvalue weighted by molar-refractivity contribution is 0.103. The van der Waals surface area contributed by atoms with Crippen molar-refractivity contribution >= 4 is 51.9 Å². The van der Waals surface area contributed by atoms with Crippen molar-refractivity contribution in [1.82, 2.24) is 9.59 Å². The molecule has 1 aromatic carbocycles. The SMILES string of the molecule is NC(=S)c1ccc(Cl)c(NC(=O)c2cnns2)c1. The lowest BCUT2D eigenvalue weighted by Gasteiger charge is -2.07. The van der Waals surface area contributed by atoms with E-state index in [2.05, 4.69) is 14.9 Å². The number of thiocarbonyl (C=S) groups is 1. The molecule has 0 aliphatic heterocycles. The minimum Gasteiger partial charge on any atom is -0.389 e. The van der Waals surface area contributed by atoms with Crippen LogP contribution in [0.4, 0.5) is 5.69 Å². The highest BCUT2D eigenvalue weighted by Crippen LogP contribution is 2.23. The second kappa shape index (κ2) is 5.38. The molecule has 0 saturated carbocycles. The monoisotopic (exact) mass is 298 g/mol. The Hall–Kier alpha value is -1.57. The zero-order valence-corrected chi connectivity index (χ0v) is 11.3. The molecule has 0 saturated heterocycles. The molecule has 0 fully saturated rings. The number of hydrogen-bond donors (Lipinski definition) is 2. The van der Waals surface area contributed by atoms with Gasteiger partial charge in [0, 0.05) is 5.56 Å². The number of amides is 1. The first-order valence-electron chi connectivity index (χ1n) is 4.76. The van der Waals surface area contributed by atoms with Crippen LogP contribution in [-0.4, -0.2) is 20.5 Å². The predicted molar refractivity (Wildman–Crippen MR) is 75.2 cm³/mol. The molecular formula is C10H7ClN4OS2. The average molecular weight is 299 g/mol. The van der Waals surface area contributed by atoms with Crippen LogP contribution in [0.1, 0.15) is 15.2 Å². The van der Waals surface area contributed by atoms with Gasteiger partial charge >= 0.3 is 0 Å². The van der Waals surface area contributed by atoms with E-state index >= 15 is 0 Å². The predicted octanol–water partition coefficient (Wildman–Crippen LogP) is 2.08. The minimum absolute atomic E-state index is 0.238. The van der Waals surface area contributed by atoms with Crippen molar-refractivity contribution in [3.63, 3.8) is 0 Å². The van der Waals surface area contributed by atoms with Gasteiger partial charge in [-0.1, -0.05) is 34.4 Å². The first kappa shape index (κ1) is 12.9. The molecule has 2 rings (SSSR count). The summed E-state index contributed by atoms with van der Waals surface area (Å²) in [6.45, 7) is 0. The zero-order valence-electron chi connectivity index (χ0n) is 8.88. The Balaban J connectivity index is 2.26. The van der Waals surface area contributed by atoms with Crippen molar-refractivity contribution < 1.29 is 4.79 Å². The first-order chi connectivity index (χ1) is 8.58. The van der Waals surface area contributed by atoms with Crippen LogP contribution >= 0.6 is 35.4 Å². The summed E-state index contributed by atoms with van der Waals surface area (Å²) in [4.78, 5) is 12.4. The number of anilines is 1. The van der Waals surface area contributed by atoms with E-state index in [4.69, 9.17) is 29.6 Å². The second-order valence-electron chi connectivity index (χ2n) is 3.29. The number of aromatic nitrogens is 2. The molecule has 5 nitrogen and oxygen atoms in total. The van der Waals surface area contributed by atoms with E-state index in [1.807, 2.05) is 0 Å². The van der Waals surface area contributed by atoms with Crippen LogP contribution in [0.15, 0.2) is 24.4 Å². The number of nitrogens with two attached hydrogens (primary N) is 1. The molecule has 3 N–H and O–H groups in total. The van der Waals surface area contributed by atoms with Gasteiger partial charge in [-0.3, -0.25) is 4.79 Å². The van der Waals surface area contributed by atoms with Gasteiger partial charge in [0.05, 0.1) is 16.9 Å². The van der Waals surface area contributed by atoms with Gasteiger partial charge in [-0.15, -0.1) is 5.10 Å². The molecule has 0 aliphatic rings. The van der Waals surface area contributed by atoms with Crippen LogP contribution in [0, 0.1) is 0 Å². The molecule has 1 aromatic heterocycles. The number of halogens is 1. The number of carbonyl (C=O) groups excluding carboxylic acids is 1. The summed E-state index contributed by atoms with van der Waals surface area (Å²) in [7, 11) is 0. The maximum absolute atomic E-state index is 11.8. The Labute approximate surface area is 117 Å². The van der Waals surface area contributed by atoms with Crippen molar-refractivity contribution in [3.05, 3.63) is 39.9 Å². The van der Waals surface area contributed by atoms with Crippen molar-refractivity contribution in [2.45, 2.75) is 0 Å². The summed E-state index contributed by atoms with van der Waals surface area (Å²) < 4.78 is 3.61. The van der Waals surface area contributed by atoms with Crippen LogP contribution in [0.3, 0.4) is 0 Å². The van der Waals surface area contributed by atoms with E-state index in [0.29, 0.717) is 21.2 Å². The summed E-state index contributed by atoms with van der Waals surface area (Å²) in [5.74, 6) is -0.327. The van der Waals surface area contributed by atoms with E-state index in [9.17, 15) is 4.79 Å². The van der Waals surface area contributed by atoms with Gasteiger partial charge in [-0.05, 0) is 23.7 Å². The number of nitrogens with zero attached hydrogens (tertiary/aromatic N) is 2. The summed E-state index contributed by atoms with van der Waals surface area (Å²) in [6, 6.07) is 4.93. The zero-order chi connectivity index (χ0) is 13.1. The fourth-order valence-corrected chi connectivity index (χ4v) is 1.93. The molecule has 0 radical (unpaired) electrons. The van der Waals surface area contributed by atoms with Crippen molar-refractivity contribution in [1.29, 1.82) is 0 Å². The number of benzene rings is 1. The molecule has 0 spiro atoms. The maximum Gasteiger partial charge on any atom is 0.269 e. The fraction of sp³-hybridized carbons (Fsp3) is 0. The molecule has 0 aliphatic carbocycles. The Bertz CT molecular complexity index is 600. The molecule has 0 atom stereocenters. The Morgan fingerprint density at radius 3 is 2.89 bits per heavy atom. The normalized spacial score (nSPS) is 10.1. The van der Waals surface area contributed by atoms with Gasteiger partial charge < -0.3 is 11.1 Å². The Kier molecular flexibility index (Phi) is 3.85. The van der Waals surface area contributed by atoms with Crippen molar-refractivity contribution in [3.8, 4) is 0 Å². The van der Waals surface area contributed by atoms with Gasteiger partial charge in [-0.25, -0.2) is 0 Å². The van der Waals surface area contributed by atoms with Gasteiger partial charge in [-0.2, -0.15) is 0 Å². The van der Waals surface area contributed by atoms with Gasteiger partial charge in [0.15, 0.2) is 0 Å². The summed E-state index contributed by atoms with van der Waals surface area (Å²) in [5.41, 5.74) is 6.59. The van der Waals surface area contributed by atoms with E-state index in [0.717, 1.165) is 11.5 Å². The molecular weight excluding hydrogens is 292 g/mol. The quantitative estimate of drug-likeness (QED) is 0.848. The molecule has 18 heavy (non-hydrogen) atoms. The largest absolute Gasteiger partial charge is 0.389 e. The fourth-order valence-electron chi connectivity index (χ4n) is 1.23. The standard InChI is InChI=1S/C10H7ClN4OS2/c11-6-2-1-5(9(12)17)3-7(6)14-10(16)8-4-13-15-18-8/h1-4H,(H2,12,17)(H,14,16). The van der Waals surface area contributed by atoms with Crippen LogP contribution in [0.2, 0.25) is 5.02 Å². The van der Waals surface area contributed by atoms with Gasteiger partial charge in [0.25, 0.3) is 5.91 Å². The second-order valence-corrected chi connectivity index (χ2v) is 4.93. The lowest BCUT2D eigenvalue weighted by Crippen LogP contribution is -2.13. The van der Waals surface area contributed by atoms with Crippen molar-refractivity contribution in [2.75, 3.05) is 5.32 Å². The molecule has 0 bridgehead atoms. The molecule has 1 amide bonds. The third-order valence-electron chi connectivity index (χ3n) is 2.08. The van der Waals surface area contributed by atoms with E-state index in [1.165, 1.54) is 6.20 Å². The van der Waals surface area contributed by atoms with Crippen LogP contribution in [-0.2, 0) is 0 Å². The van der Waals surface area contributed by atoms with Gasteiger partial charge in [0.1, 0.15) is 9.87 Å². The summed E-state index contributed by atoms with van der Waals surface area (Å²) in [6.07, 6.45) is 1.38. The third-order valence-corrected chi connectivity index (χ3v) is 3.31. The van der Waals surface area contributed by atoms with Crippen LogP contribution in [0.25, 0.3) is 0 Å². The molecule has 2 aromatic rings. The highest BCUT2D eigenvalue weighted by Gasteiger charge is 2.11. The topological polar surface area (TPSA) is 80.9 Å².